The Morgan fingerprint density at radius 3 is 2.75 bits per heavy atom. The zero-order valence-corrected chi connectivity index (χ0v) is 9.67. The maximum Gasteiger partial charge on any atom is 0.287 e. The van der Waals surface area contributed by atoms with Crippen LogP contribution in [0.3, 0.4) is 0 Å². The van der Waals surface area contributed by atoms with Crippen molar-refractivity contribution in [2.75, 3.05) is 13.2 Å². The molecule has 16 heavy (non-hydrogen) atoms. The Hall–Kier alpha value is -1.08. The number of aliphatic hydroxyl groups excluding tert-OH is 1. The van der Waals surface area contributed by atoms with Crippen molar-refractivity contribution in [2.24, 2.45) is 0 Å². The lowest BCUT2D eigenvalue weighted by Gasteiger charge is -2.13. The van der Waals surface area contributed by atoms with Gasteiger partial charge < -0.3 is 10.4 Å². The summed E-state index contributed by atoms with van der Waals surface area (Å²) in [5, 5.41) is 10.3. The Labute approximate surface area is 98.8 Å². The lowest BCUT2D eigenvalue weighted by molar-refractivity contribution is -0.0462. The number of carbonyl (C=O) groups excluding carboxylic acids is 1. The second-order valence-electron chi connectivity index (χ2n) is 3.07. The summed E-state index contributed by atoms with van der Waals surface area (Å²) in [6, 6.07) is 2.97. The smallest absolute Gasteiger partial charge is 0.287 e. The van der Waals surface area contributed by atoms with E-state index in [2.05, 4.69) is 20.9 Å². The Morgan fingerprint density at radius 1 is 1.56 bits per heavy atom. The Bertz CT molecular complexity index is 370. The number of alkyl halides is 2. The lowest BCUT2D eigenvalue weighted by Crippen LogP contribution is -2.39. The highest BCUT2D eigenvalue weighted by Gasteiger charge is 2.28. The van der Waals surface area contributed by atoms with Gasteiger partial charge in [-0.2, -0.15) is 0 Å². The fraction of sp³-hybridized carbons (Fsp3) is 0.333. The second kappa shape index (κ2) is 5.31. The van der Waals surface area contributed by atoms with Gasteiger partial charge in [0.05, 0.1) is 12.1 Å². The molecule has 0 spiro atoms. The molecule has 0 aliphatic carbocycles. The van der Waals surface area contributed by atoms with Crippen LogP contribution in [0.5, 0.6) is 0 Å². The quantitative estimate of drug-likeness (QED) is 0.821. The van der Waals surface area contributed by atoms with Gasteiger partial charge in [0.15, 0.2) is 0 Å². The molecule has 2 N–H and O–H groups in total. The van der Waals surface area contributed by atoms with Gasteiger partial charge in [-0.25, -0.2) is 13.8 Å². The van der Waals surface area contributed by atoms with Crippen molar-refractivity contribution in [3.8, 4) is 0 Å². The van der Waals surface area contributed by atoms with Crippen LogP contribution >= 0.6 is 15.9 Å². The molecule has 0 bridgehead atoms. The molecule has 1 aromatic rings. The molecule has 0 atom stereocenters. The first kappa shape index (κ1) is 13.0. The Kier molecular flexibility index (Phi) is 4.31. The third-order valence-corrected chi connectivity index (χ3v) is 2.20. The van der Waals surface area contributed by atoms with Crippen molar-refractivity contribution in [3.63, 3.8) is 0 Å². The van der Waals surface area contributed by atoms with Gasteiger partial charge in [0, 0.05) is 6.20 Å². The van der Waals surface area contributed by atoms with Gasteiger partial charge in [-0.3, -0.25) is 4.79 Å². The molecule has 0 saturated carbocycles. The molecule has 0 radical (unpaired) electrons. The number of hydrogen-bond acceptors (Lipinski definition) is 3. The highest BCUT2D eigenvalue weighted by Crippen LogP contribution is 2.11. The van der Waals surface area contributed by atoms with Crippen molar-refractivity contribution < 1.29 is 18.7 Å². The van der Waals surface area contributed by atoms with Crippen LogP contribution in [0, 0.1) is 0 Å². The largest absolute Gasteiger partial charge is 0.390 e. The fourth-order valence-electron chi connectivity index (χ4n) is 0.878. The van der Waals surface area contributed by atoms with Crippen LogP contribution in [0.15, 0.2) is 22.9 Å². The van der Waals surface area contributed by atoms with Crippen LogP contribution in [-0.4, -0.2) is 35.1 Å². The van der Waals surface area contributed by atoms with Crippen molar-refractivity contribution in [2.45, 2.75) is 5.92 Å². The SMILES string of the molecule is O=C(NCC(F)(F)CO)c1ccc(Br)nc1. The van der Waals surface area contributed by atoms with E-state index in [1.54, 1.807) is 0 Å². The average molecular weight is 295 g/mol. The topological polar surface area (TPSA) is 62.2 Å². The van der Waals surface area contributed by atoms with Gasteiger partial charge in [-0.15, -0.1) is 0 Å². The first-order chi connectivity index (χ1) is 7.44. The third kappa shape index (κ3) is 3.82. The first-order valence-electron chi connectivity index (χ1n) is 4.33. The third-order valence-electron chi connectivity index (χ3n) is 1.73. The van der Waals surface area contributed by atoms with Crippen LogP contribution in [0.1, 0.15) is 10.4 Å². The number of rotatable bonds is 4. The van der Waals surface area contributed by atoms with Gasteiger partial charge in [-0.1, -0.05) is 0 Å². The molecular weight excluding hydrogens is 286 g/mol. The number of halogens is 3. The molecule has 0 fully saturated rings. The lowest BCUT2D eigenvalue weighted by atomic mass is 10.2. The van der Waals surface area contributed by atoms with E-state index in [9.17, 15) is 13.6 Å². The molecule has 0 unspecified atom stereocenters. The molecule has 0 aromatic carbocycles. The standard InChI is InChI=1S/C9H9BrF2N2O2/c10-7-2-1-6(3-13-7)8(16)14-4-9(11,12)5-15/h1-3,15H,4-5H2,(H,14,16). The first-order valence-corrected chi connectivity index (χ1v) is 5.12. The summed E-state index contributed by atoms with van der Waals surface area (Å²) in [6.45, 7) is -2.20. The maximum atomic E-state index is 12.6. The second-order valence-corrected chi connectivity index (χ2v) is 3.88. The molecule has 0 aliphatic heterocycles. The molecule has 1 aromatic heterocycles. The predicted molar refractivity (Wildman–Crippen MR) is 56.3 cm³/mol. The number of nitrogens with one attached hydrogen (secondary N) is 1. The predicted octanol–water partition coefficient (Wildman–Crippen LogP) is 1.20. The van der Waals surface area contributed by atoms with E-state index in [4.69, 9.17) is 5.11 Å². The van der Waals surface area contributed by atoms with Gasteiger partial charge in [0.1, 0.15) is 11.2 Å². The minimum atomic E-state index is -3.31. The van der Waals surface area contributed by atoms with E-state index in [0.717, 1.165) is 0 Å². The molecular formula is C9H9BrF2N2O2. The van der Waals surface area contributed by atoms with Crippen molar-refractivity contribution >= 4 is 21.8 Å². The maximum absolute atomic E-state index is 12.6. The van der Waals surface area contributed by atoms with Crippen molar-refractivity contribution in [1.29, 1.82) is 0 Å². The molecule has 7 heteroatoms. The van der Waals surface area contributed by atoms with Gasteiger partial charge in [0.25, 0.3) is 11.8 Å². The van der Waals surface area contributed by atoms with E-state index < -0.39 is 25.0 Å². The van der Waals surface area contributed by atoms with Crippen LogP contribution in [0.2, 0.25) is 0 Å². The van der Waals surface area contributed by atoms with Gasteiger partial charge >= 0.3 is 0 Å². The minimum absolute atomic E-state index is 0.178. The number of pyridine rings is 1. The Balaban J connectivity index is 2.56. The van der Waals surface area contributed by atoms with E-state index in [1.165, 1.54) is 18.3 Å². The van der Waals surface area contributed by atoms with Crippen molar-refractivity contribution in [1.82, 2.24) is 10.3 Å². The number of carbonyl (C=O) groups is 1. The van der Waals surface area contributed by atoms with Crippen LogP contribution < -0.4 is 5.32 Å². The highest BCUT2D eigenvalue weighted by molar-refractivity contribution is 9.10. The van der Waals surface area contributed by atoms with Crippen molar-refractivity contribution in [3.05, 3.63) is 28.5 Å². The van der Waals surface area contributed by atoms with E-state index in [-0.39, 0.29) is 5.56 Å². The monoisotopic (exact) mass is 294 g/mol. The zero-order chi connectivity index (χ0) is 12.2. The van der Waals surface area contributed by atoms with Crippen LogP contribution in [0.4, 0.5) is 8.78 Å². The molecule has 0 saturated heterocycles. The summed E-state index contributed by atoms with van der Waals surface area (Å²) in [4.78, 5) is 15.1. The average Bonchev–Trinajstić information content (AvgIpc) is 2.27. The van der Waals surface area contributed by atoms with Gasteiger partial charge in [-0.05, 0) is 28.1 Å². The summed E-state index contributed by atoms with van der Waals surface area (Å²) in [6.07, 6.45) is 1.26. The summed E-state index contributed by atoms with van der Waals surface area (Å²) in [7, 11) is 0. The zero-order valence-electron chi connectivity index (χ0n) is 8.08. The number of hydrogen-bond donors (Lipinski definition) is 2. The molecule has 1 heterocycles. The Morgan fingerprint density at radius 2 is 2.25 bits per heavy atom. The summed E-state index contributed by atoms with van der Waals surface area (Å²) >= 11 is 3.08. The number of aliphatic hydroxyl groups is 1. The summed E-state index contributed by atoms with van der Waals surface area (Å²) in [5.74, 6) is -3.97. The normalized spacial score (nSPS) is 11.2. The van der Waals surface area contributed by atoms with E-state index >= 15 is 0 Å². The van der Waals surface area contributed by atoms with Crippen LogP contribution in [-0.2, 0) is 0 Å². The molecule has 88 valence electrons. The van der Waals surface area contributed by atoms with Crippen LogP contribution in [0.25, 0.3) is 0 Å². The molecule has 0 aliphatic rings. The summed E-state index contributed by atoms with van der Waals surface area (Å²) in [5.41, 5.74) is 0.178. The van der Waals surface area contributed by atoms with E-state index in [0.29, 0.717) is 4.60 Å². The van der Waals surface area contributed by atoms with E-state index in [1.807, 2.05) is 5.32 Å². The minimum Gasteiger partial charge on any atom is -0.390 e. The number of amides is 1. The highest BCUT2D eigenvalue weighted by atomic mass is 79.9. The molecule has 1 amide bonds. The summed E-state index contributed by atoms with van der Waals surface area (Å²) < 4.78 is 25.8. The molecule has 4 nitrogen and oxygen atoms in total. The molecule has 1 rings (SSSR count). The number of nitrogens with zero attached hydrogens (tertiary/aromatic N) is 1. The number of aromatic nitrogens is 1. The van der Waals surface area contributed by atoms with Gasteiger partial charge in [0.2, 0.25) is 0 Å². The fourth-order valence-corrected chi connectivity index (χ4v) is 1.11.